The molecule has 17 heavy (non-hydrogen) atoms. The third-order valence-electron chi connectivity index (χ3n) is 4.08. The number of hydrogen-bond acceptors (Lipinski definition) is 0. The Morgan fingerprint density at radius 3 is 2.47 bits per heavy atom. The minimum Gasteiger partial charge on any atom is -0.0839 e. The molecule has 0 bridgehead atoms. The van der Waals surface area contributed by atoms with Crippen LogP contribution in [0.5, 0.6) is 0 Å². The van der Waals surface area contributed by atoms with Gasteiger partial charge in [0.1, 0.15) is 0 Å². The minimum absolute atomic E-state index is 0.561. The molecule has 1 aromatic carbocycles. The molecular formula is C16H23Br. The lowest BCUT2D eigenvalue weighted by atomic mass is 9.93. The van der Waals surface area contributed by atoms with E-state index in [1.807, 2.05) is 0 Å². The first-order chi connectivity index (χ1) is 8.15. The molecule has 0 aromatic heterocycles. The predicted molar refractivity (Wildman–Crippen MR) is 79.0 cm³/mol. The molecule has 1 aliphatic rings. The summed E-state index contributed by atoms with van der Waals surface area (Å²) in [4.78, 5) is 0.561. The smallest absolute Gasteiger partial charge is 0.0400 e. The fourth-order valence-corrected chi connectivity index (χ4v) is 3.99. The normalized spacial score (nSPS) is 24.2. The molecule has 1 heteroatoms. The number of hydrogen-bond donors (Lipinski definition) is 0. The highest BCUT2D eigenvalue weighted by molar-refractivity contribution is 9.09. The van der Waals surface area contributed by atoms with Gasteiger partial charge >= 0.3 is 0 Å². The van der Waals surface area contributed by atoms with E-state index < -0.39 is 0 Å². The predicted octanol–water partition coefficient (Wildman–Crippen LogP) is 5.22. The van der Waals surface area contributed by atoms with Crippen molar-refractivity contribution in [2.75, 3.05) is 0 Å². The van der Waals surface area contributed by atoms with E-state index in [0.717, 1.165) is 12.3 Å². The van der Waals surface area contributed by atoms with Gasteiger partial charge in [0.2, 0.25) is 0 Å². The van der Waals surface area contributed by atoms with E-state index in [2.05, 4.69) is 48.8 Å². The van der Waals surface area contributed by atoms with Crippen LogP contribution in [0.15, 0.2) is 12.1 Å². The number of alkyl halides is 1. The van der Waals surface area contributed by atoms with E-state index in [4.69, 9.17) is 0 Å². The van der Waals surface area contributed by atoms with Crippen molar-refractivity contribution in [2.45, 2.75) is 57.7 Å². The van der Waals surface area contributed by atoms with Crippen molar-refractivity contribution in [3.8, 4) is 0 Å². The lowest BCUT2D eigenvalue weighted by Crippen LogP contribution is -2.00. The highest BCUT2D eigenvalue weighted by Gasteiger charge is 2.21. The molecule has 2 unspecified atom stereocenters. The van der Waals surface area contributed by atoms with Crippen LogP contribution in [0, 0.1) is 5.92 Å². The molecule has 0 heterocycles. The van der Waals surface area contributed by atoms with Gasteiger partial charge in [0, 0.05) is 4.83 Å². The van der Waals surface area contributed by atoms with Gasteiger partial charge in [-0.25, -0.2) is 0 Å². The van der Waals surface area contributed by atoms with Crippen molar-refractivity contribution in [1.29, 1.82) is 0 Å². The van der Waals surface area contributed by atoms with Crippen LogP contribution in [0.2, 0.25) is 0 Å². The summed E-state index contributed by atoms with van der Waals surface area (Å²) in [5, 5.41) is 0. The largest absolute Gasteiger partial charge is 0.0839 e. The van der Waals surface area contributed by atoms with Gasteiger partial charge in [-0.1, -0.05) is 48.8 Å². The quantitative estimate of drug-likeness (QED) is 0.518. The van der Waals surface area contributed by atoms with E-state index in [1.165, 1.54) is 25.7 Å². The lowest BCUT2D eigenvalue weighted by Gasteiger charge is -2.16. The van der Waals surface area contributed by atoms with Crippen LogP contribution >= 0.6 is 15.9 Å². The SMILES string of the molecule is CCc1cc2c(cc1CC)C(Br)CC(C)CC2. The highest BCUT2D eigenvalue weighted by Crippen LogP contribution is 2.38. The maximum Gasteiger partial charge on any atom is 0.0400 e. The Balaban J connectivity index is 2.45. The van der Waals surface area contributed by atoms with E-state index in [9.17, 15) is 0 Å². The number of rotatable bonds is 2. The van der Waals surface area contributed by atoms with E-state index in [0.29, 0.717) is 4.83 Å². The standard InChI is InChI=1S/C16H23Br/c1-4-12-9-14-7-6-11(3)8-16(17)15(14)10-13(12)5-2/h9-11,16H,4-8H2,1-3H3. The number of halogens is 1. The first-order valence-corrected chi connectivity index (χ1v) is 7.85. The zero-order valence-corrected chi connectivity index (χ0v) is 12.8. The highest BCUT2D eigenvalue weighted by atomic mass is 79.9. The van der Waals surface area contributed by atoms with Crippen LogP contribution in [0.3, 0.4) is 0 Å². The first kappa shape index (κ1) is 13.1. The van der Waals surface area contributed by atoms with Crippen LogP contribution in [-0.2, 0) is 19.3 Å². The van der Waals surface area contributed by atoms with Crippen LogP contribution in [0.25, 0.3) is 0 Å². The lowest BCUT2D eigenvalue weighted by molar-refractivity contribution is 0.508. The zero-order valence-electron chi connectivity index (χ0n) is 11.2. The monoisotopic (exact) mass is 294 g/mol. The summed E-state index contributed by atoms with van der Waals surface area (Å²) < 4.78 is 0. The summed E-state index contributed by atoms with van der Waals surface area (Å²) in [6.07, 6.45) is 6.20. The van der Waals surface area contributed by atoms with Crippen LogP contribution in [0.4, 0.5) is 0 Å². The molecule has 0 radical (unpaired) electrons. The Bertz CT molecular complexity index is 395. The summed E-state index contributed by atoms with van der Waals surface area (Å²) >= 11 is 3.89. The van der Waals surface area contributed by atoms with Crippen LogP contribution in [0.1, 0.15) is 60.7 Å². The Hall–Kier alpha value is -0.300. The van der Waals surface area contributed by atoms with Crippen molar-refractivity contribution in [1.82, 2.24) is 0 Å². The Kier molecular flexibility index (Phi) is 4.30. The molecule has 0 amide bonds. The van der Waals surface area contributed by atoms with Gasteiger partial charge < -0.3 is 0 Å². The van der Waals surface area contributed by atoms with E-state index >= 15 is 0 Å². The van der Waals surface area contributed by atoms with Crippen molar-refractivity contribution in [2.24, 2.45) is 5.92 Å². The average molecular weight is 295 g/mol. The number of benzene rings is 1. The average Bonchev–Trinajstić information content (AvgIpc) is 2.47. The summed E-state index contributed by atoms with van der Waals surface area (Å²) in [7, 11) is 0. The van der Waals surface area contributed by atoms with E-state index in [1.54, 1.807) is 22.3 Å². The van der Waals surface area contributed by atoms with Crippen molar-refractivity contribution < 1.29 is 0 Å². The summed E-state index contributed by atoms with van der Waals surface area (Å²) in [5.74, 6) is 0.835. The molecule has 0 nitrogen and oxygen atoms in total. The molecule has 0 fully saturated rings. The summed E-state index contributed by atoms with van der Waals surface area (Å²) in [5.41, 5.74) is 6.25. The fraction of sp³-hybridized carbons (Fsp3) is 0.625. The maximum absolute atomic E-state index is 3.89. The second-order valence-corrected chi connectivity index (χ2v) is 6.48. The second-order valence-electron chi connectivity index (χ2n) is 5.37. The Morgan fingerprint density at radius 2 is 1.82 bits per heavy atom. The maximum atomic E-state index is 3.89. The van der Waals surface area contributed by atoms with Crippen LogP contribution < -0.4 is 0 Å². The second kappa shape index (κ2) is 5.56. The van der Waals surface area contributed by atoms with Gasteiger partial charge in [-0.15, -0.1) is 0 Å². The van der Waals surface area contributed by atoms with Gasteiger partial charge in [-0.2, -0.15) is 0 Å². The van der Waals surface area contributed by atoms with Gasteiger partial charge in [0.15, 0.2) is 0 Å². The first-order valence-electron chi connectivity index (χ1n) is 6.94. The minimum atomic E-state index is 0.561. The van der Waals surface area contributed by atoms with Crippen LogP contribution in [-0.4, -0.2) is 0 Å². The molecule has 0 saturated carbocycles. The third kappa shape index (κ3) is 2.76. The molecule has 1 aromatic rings. The molecule has 0 saturated heterocycles. The van der Waals surface area contributed by atoms with Gasteiger partial charge in [-0.05, 0) is 60.3 Å². The zero-order chi connectivity index (χ0) is 12.4. The number of aryl methyl sites for hydroxylation is 3. The van der Waals surface area contributed by atoms with Crippen molar-refractivity contribution in [3.63, 3.8) is 0 Å². The molecule has 1 aliphatic carbocycles. The molecule has 2 rings (SSSR count). The van der Waals surface area contributed by atoms with Gasteiger partial charge in [-0.3, -0.25) is 0 Å². The number of fused-ring (bicyclic) bond motifs is 1. The summed E-state index contributed by atoms with van der Waals surface area (Å²) in [6, 6.07) is 4.94. The Morgan fingerprint density at radius 1 is 1.18 bits per heavy atom. The third-order valence-corrected chi connectivity index (χ3v) is 4.94. The van der Waals surface area contributed by atoms with Crippen molar-refractivity contribution in [3.05, 3.63) is 34.4 Å². The molecule has 0 aliphatic heterocycles. The van der Waals surface area contributed by atoms with Gasteiger partial charge in [0.25, 0.3) is 0 Å². The topological polar surface area (TPSA) is 0 Å². The molecule has 0 spiro atoms. The van der Waals surface area contributed by atoms with E-state index in [-0.39, 0.29) is 0 Å². The summed E-state index contributed by atoms with van der Waals surface area (Å²) in [6.45, 7) is 6.91. The van der Waals surface area contributed by atoms with Crippen molar-refractivity contribution >= 4 is 15.9 Å². The molecule has 0 N–H and O–H groups in total. The molecular weight excluding hydrogens is 272 g/mol. The molecule has 2 atom stereocenters. The fourth-order valence-electron chi connectivity index (χ4n) is 2.93. The Labute approximate surface area is 114 Å². The molecule has 94 valence electrons. The van der Waals surface area contributed by atoms with Gasteiger partial charge in [0.05, 0.1) is 0 Å².